The summed E-state index contributed by atoms with van der Waals surface area (Å²) in [5, 5.41) is 13.8. The Hall–Kier alpha value is -3.55. The van der Waals surface area contributed by atoms with Gasteiger partial charge in [-0.25, -0.2) is 9.18 Å². The molecule has 1 amide bonds. The summed E-state index contributed by atoms with van der Waals surface area (Å²) >= 11 is 0. The van der Waals surface area contributed by atoms with E-state index in [1.807, 2.05) is 0 Å². The Morgan fingerprint density at radius 1 is 1.19 bits per heavy atom. The molecular weight excluding hydrogens is 355 g/mol. The third kappa shape index (κ3) is 4.97. The zero-order valence-electron chi connectivity index (χ0n) is 14.1. The molecule has 1 aliphatic carbocycles. The molecule has 2 aromatic carbocycles. The van der Waals surface area contributed by atoms with Crippen molar-refractivity contribution in [2.75, 3.05) is 0 Å². The zero-order valence-corrected chi connectivity index (χ0v) is 14.1. The number of hydrogen-bond donors (Lipinski definition) is 1. The SMILES string of the molecule is O=C(/C=C/c1ccc(C(=O)NC2CC2)cc1)Oc1cc(F)ccc1[N+](=O)[O-]. The van der Waals surface area contributed by atoms with E-state index >= 15 is 0 Å². The molecule has 0 saturated heterocycles. The molecule has 1 saturated carbocycles. The van der Waals surface area contributed by atoms with Crippen molar-refractivity contribution in [2.24, 2.45) is 0 Å². The Bertz CT molecular complexity index is 920. The number of amides is 1. The molecule has 27 heavy (non-hydrogen) atoms. The molecule has 0 bridgehead atoms. The van der Waals surface area contributed by atoms with Crippen molar-refractivity contribution in [3.63, 3.8) is 0 Å². The number of nitrogens with one attached hydrogen (secondary N) is 1. The van der Waals surface area contributed by atoms with Gasteiger partial charge in [-0.05, 0) is 42.7 Å². The Morgan fingerprint density at radius 3 is 2.52 bits per heavy atom. The summed E-state index contributed by atoms with van der Waals surface area (Å²) in [6.07, 6.45) is 4.49. The monoisotopic (exact) mass is 370 g/mol. The van der Waals surface area contributed by atoms with E-state index in [4.69, 9.17) is 4.74 Å². The van der Waals surface area contributed by atoms with Crippen molar-refractivity contribution in [2.45, 2.75) is 18.9 Å². The predicted octanol–water partition coefficient (Wildman–Crippen LogP) is 3.24. The fraction of sp³-hybridized carbons (Fsp3) is 0.158. The molecule has 0 heterocycles. The van der Waals surface area contributed by atoms with E-state index in [0.717, 1.165) is 37.1 Å². The minimum absolute atomic E-state index is 0.147. The number of ether oxygens (including phenoxy) is 1. The highest BCUT2D eigenvalue weighted by Gasteiger charge is 2.23. The lowest BCUT2D eigenvalue weighted by Gasteiger charge is -2.04. The summed E-state index contributed by atoms with van der Waals surface area (Å²) in [5.41, 5.74) is 0.629. The maximum absolute atomic E-state index is 13.2. The van der Waals surface area contributed by atoms with Gasteiger partial charge < -0.3 is 10.1 Å². The van der Waals surface area contributed by atoms with Crippen LogP contribution in [0, 0.1) is 15.9 Å². The van der Waals surface area contributed by atoms with Crippen molar-refractivity contribution in [1.82, 2.24) is 5.32 Å². The average Bonchev–Trinajstić information content (AvgIpc) is 3.44. The summed E-state index contributed by atoms with van der Waals surface area (Å²) in [6.45, 7) is 0. The lowest BCUT2D eigenvalue weighted by molar-refractivity contribution is -0.385. The lowest BCUT2D eigenvalue weighted by atomic mass is 10.1. The van der Waals surface area contributed by atoms with E-state index in [9.17, 15) is 24.1 Å². The van der Waals surface area contributed by atoms with Gasteiger partial charge in [-0.3, -0.25) is 14.9 Å². The van der Waals surface area contributed by atoms with E-state index in [2.05, 4.69) is 5.32 Å². The number of hydrogen-bond acceptors (Lipinski definition) is 5. The van der Waals surface area contributed by atoms with Crippen molar-refractivity contribution in [1.29, 1.82) is 0 Å². The molecule has 0 aliphatic heterocycles. The van der Waals surface area contributed by atoms with E-state index in [0.29, 0.717) is 11.1 Å². The second kappa shape index (κ2) is 7.77. The molecule has 1 N–H and O–H groups in total. The van der Waals surface area contributed by atoms with Crippen LogP contribution in [0.5, 0.6) is 5.75 Å². The van der Waals surface area contributed by atoms with Crippen LogP contribution in [-0.2, 0) is 4.79 Å². The first-order chi connectivity index (χ1) is 12.9. The molecule has 7 nitrogen and oxygen atoms in total. The largest absolute Gasteiger partial charge is 0.416 e. The van der Waals surface area contributed by atoms with E-state index < -0.39 is 28.1 Å². The number of nitro groups is 1. The van der Waals surface area contributed by atoms with Gasteiger partial charge in [-0.2, -0.15) is 0 Å². The van der Waals surface area contributed by atoms with Crippen LogP contribution in [-0.4, -0.2) is 22.8 Å². The number of carbonyl (C=O) groups excluding carboxylic acids is 2. The number of halogens is 1. The van der Waals surface area contributed by atoms with Crippen LogP contribution < -0.4 is 10.1 Å². The van der Waals surface area contributed by atoms with Gasteiger partial charge >= 0.3 is 11.7 Å². The van der Waals surface area contributed by atoms with Gasteiger partial charge in [0.25, 0.3) is 5.91 Å². The highest BCUT2D eigenvalue weighted by molar-refractivity contribution is 5.95. The summed E-state index contributed by atoms with van der Waals surface area (Å²) in [7, 11) is 0. The normalized spacial score (nSPS) is 13.4. The summed E-state index contributed by atoms with van der Waals surface area (Å²) in [5.74, 6) is -2.26. The van der Waals surface area contributed by atoms with Crippen molar-refractivity contribution in [3.8, 4) is 5.75 Å². The number of esters is 1. The second-order valence-corrected chi connectivity index (χ2v) is 5.99. The minimum Gasteiger partial charge on any atom is -0.416 e. The van der Waals surface area contributed by atoms with E-state index in [1.54, 1.807) is 24.3 Å². The van der Waals surface area contributed by atoms with Crippen LogP contribution in [0.4, 0.5) is 10.1 Å². The summed E-state index contributed by atoms with van der Waals surface area (Å²) < 4.78 is 18.1. The standard InChI is InChI=1S/C19H15FN2O5/c20-14-6-9-16(22(25)26)17(11-14)27-18(23)10-3-12-1-4-13(5-2-12)19(24)21-15-7-8-15/h1-6,9-11,15H,7-8H2,(H,21,24)/b10-3+. The van der Waals surface area contributed by atoms with E-state index in [1.165, 1.54) is 6.08 Å². The Morgan fingerprint density at radius 2 is 1.89 bits per heavy atom. The van der Waals surface area contributed by atoms with Crippen molar-refractivity contribution < 1.29 is 23.6 Å². The second-order valence-electron chi connectivity index (χ2n) is 5.99. The molecule has 0 spiro atoms. The number of nitrogens with zero attached hydrogens (tertiary/aromatic N) is 1. The molecule has 138 valence electrons. The summed E-state index contributed by atoms with van der Waals surface area (Å²) in [4.78, 5) is 33.9. The first-order valence-corrected chi connectivity index (χ1v) is 8.17. The first-order valence-electron chi connectivity index (χ1n) is 8.17. The molecule has 1 fully saturated rings. The maximum Gasteiger partial charge on any atom is 0.336 e. The average molecular weight is 370 g/mol. The van der Waals surface area contributed by atoms with Crippen molar-refractivity contribution >= 4 is 23.6 Å². The van der Waals surface area contributed by atoms with Gasteiger partial charge in [0.1, 0.15) is 5.82 Å². The van der Waals surface area contributed by atoms with Gasteiger partial charge in [0.2, 0.25) is 5.75 Å². The van der Waals surface area contributed by atoms with Crippen molar-refractivity contribution in [3.05, 3.63) is 75.6 Å². The first kappa shape index (κ1) is 18.2. The molecule has 2 aromatic rings. The fourth-order valence-corrected chi connectivity index (χ4v) is 2.27. The third-order valence-electron chi connectivity index (χ3n) is 3.83. The van der Waals surface area contributed by atoms with Crippen LogP contribution >= 0.6 is 0 Å². The van der Waals surface area contributed by atoms with Crippen LogP contribution in [0.1, 0.15) is 28.8 Å². The third-order valence-corrected chi connectivity index (χ3v) is 3.83. The number of carbonyl (C=O) groups is 2. The highest BCUT2D eigenvalue weighted by atomic mass is 19.1. The van der Waals surface area contributed by atoms with Crippen LogP contribution in [0.3, 0.4) is 0 Å². The lowest BCUT2D eigenvalue weighted by Crippen LogP contribution is -2.25. The van der Waals surface area contributed by atoms with Gasteiger partial charge in [0, 0.05) is 29.8 Å². The van der Waals surface area contributed by atoms with Crippen LogP contribution in [0.15, 0.2) is 48.5 Å². The zero-order chi connectivity index (χ0) is 19.4. The number of nitro benzene ring substituents is 1. The predicted molar refractivity (Wildman–Crippen MR) is 94.7 cm³/mol. The van der Waals surface area contributed by atoms with E-state index in [-0.39, 0.29) is 11.9 Å². The van der Waals surface area contributed by atoms with Gasteiger partial charge in [0.15, 0.2) is 0 Å². The smallest absolute Gasteiger partial charge is 0.336 e. The molecule has 3 rings (SSSR count). The van der Waals surface area contributed by atoms with Crippen LogP contribution in [0.2, 0.25) is 0 Å². The summed E-state index contributed by atoms with van der Waals surface area (Å²) in [6, 6.07) is 9.42. The van der Waals surface area contributed by atoms with Gasteiger partial charge in [-0.1, -0.05) is 12.1 Å². The Kier molecular flexibility index (Phi) is 5.25. The fourth-order valence-electron chi connectivity index (χ4n) is 2.27. The number of benzene rings is 2. The van der Waals surface area contributed by atoms with Gasteiger partial charge in [-0.15, -0.1) is 0 Å². The van der Waals surface area contributed by atoms with Crippen LogP contribution in [0.25, 0.3) is 6.08 Å². The highest BCUT2D eigenvalue weighted by Crippen LogP contribution is 2.27. The molecule has 0 atom stereocenters. The molecule has 8 heteroatoms. The molecular formula is C19H15FN2O5. The molecule has 0 unspecified atom stereocenters. The Labute approximate surface area is 153 Å². The number of rotatable bonds is 6. The Balaban J connectivity index is 1.64. The molecule has 0 radical (unpaired) electrons. The topological polar surface area (TPSA) is 98.5 Å². The minimum atomic E-state index is -0.890. The molecule has 0 aromatic heterocycles. The quantitative estimate of drug-likeness (QED) is 0.277. The maximum atomic E-state index is 13.2. The molecule has 1 aliphatic rings. The van der Waals surface area contributed by atoms with Gasteiger partial charge in [0.05, 0.1) is 4.92 Å².